The highest BCUT2D eigenvalue weighted by Gasteiger charge is 2.35. The Morgan fingerprint density at radius 3 is 2.49 bits per heavy atom. The summed E-state index contributed by atoms with van der Waals surface area (Å²) >= 11 is 0. The van der Waals surface area contributed by atoms with Crippen LogP contribution in [0.4, 0.5) is 10.1 Å². The highest BCUT2D eigenvalue weighted by atomic mass is 19.1. The molecule has 0 saturated heterocycles. The van der Waals surface area contributed by atoms with Gasteiger partial charge in [-0.15, -0.1) is 0 Å². The van der Waals surface area contributed by atoms with Crippen molar-refractivity contribution in [2.75, 3.05) is 25.7 Å². The maximum atomic E-state index is 13.7. The second-order valence-electron chi connectivity index (χ2n) is 9.73. The molecular weight excluding hydrogens is 495 g/mol. The number of amidine groups is 1. The van der Waals surface area contributed by atoms with Crippen LogP contribution >= 0.6 is 0 Å². The van der Waals surface area contributed by atoms with Gasteiger partial charge in [-0.3, -0.25) is 9.69 Å². The van der Waals surface area contributed by atoms with E-state index in [1.807, 2.05) is 29.2 Å². The molecule has 202 valence electrons. The van der Waals surface area contributed by atoms with Crippen molar-refractivity contribution >= 4 is 23.2 Å². The molecule has 0 saturated carbocycles. The molecule has 1 N–H and O–H groups in total. The number of nitrogens with one attached hydrogen (secondary N) is 1. The Bertz CT molecular complexity index is 1400. The predicted molar refractivity (Wildman–Crippen MR) is 151 cm³/mol. The van der Waals surface area contributed by atoms with Gasteiger partial charge in [-0.25, -0.2) is 9.38 Å². The van der Waals surface area contributed by atoms with Crippen LogP contribution in [0.3, 0.4) is 0 Å². The molecule has 0 radical (unpaired) electrons. The van der Waals surface area contributed by atoms with E-state index >= 15 is 0 Å². The number of fused-ring (bicyclic) bond motifs is 1. The summed E-state index contributed by atoms with van der Waals surface area (Å²) < 4.78 is 24.6. The number of hydrogen-bond acceptors (Lipinski definition) is 7. The Balaban J connectivity index is 1.62. The van der Waals surface area contributed by atoms with Gasteiger partial charge in [0.1, 0.15) is 17.4 Å². The zero-order valence-corrected chi connectivity index (χ0v) is 22.6. The van der Waals surface area contributed by atoms with E-state index in [-0.39, 0.29) is 18.6 Å². The summed E-state index contributed by atoms with van der Waals surface area (Å²) in [7, 11) is 1.64. The highest BCUT2D eigenvalue weighted by molar-refractivity contribution is 6.05. The first-order chi connectivity index (χ1) is 18.9. The Morgan fingerprint density at radius 2 is 1.79 bits per heavy atom. The smallest absolute Gasteiger partial charge is 0.304 e. The first kappa shape index (κ1) is 26.3. The number of anilines is 1. The van der Waals surface area contributed by atoms with Crippen molar-refractivity contribution in [2.45, 2.75) is 39.5 Å². The van der Waals surface area contributed by atoms with E-state index in [1.165, 1.54) is 30.2 Å². The first-order valence-electron chi connectivity index (χ1n) is 13.1. The second kappa shape index (κ2) is 11.2. The van der Waals surface area contributed by atoms with Crippen LogP contribution in [-0.4, -0.2) is 48.3 Å². The largest absolute Gasteiger partial charge is 0.497 e. The fourth-order valence-corrected chi connectivity index (χ4v) is 5.31. The zero-order chi connectivity index (χ0) is 27.5. The van der Waals surface area contributed by atoms with E-state index in [0.717, 1.165) is 41.4 Å². The summed E-state index contributed by atoms with van der Waals surface area (Å²) in [5, 5.41) is 3.42. The molecule has 0 amide bonds. The number of carbonyl (C=O) groups excluding carboxylic acids is 1. The molecule has 0 spiro atoms. The van der Waals surface area contributed by atoms with E-state index in [0.29, 0.717) is 5.69 Å². The Hall–Kier alpha value is -4.33. The Kier molecular flexibility index (Phi) is 7.54. The van der Waals surface area contributed by atoms with Crippen molar-refractivity contribution in [1.82, 2.24) is 9.80 Å². The monoisotopic (exact) mass is 528 g/mol. The minimum Gasteiger partial charge on any atom is -0.497 e. The van der Waals surface area contributed by atoms with Gasteiger partial charge >= 0.3 is 5.97 Å². The van der Waals surface area contributed by atoms with E-state index < -0.39 is 12.3 Å². The lowest BCUT2D eigenvalue weighted by atomic mass is 9.92. The number of hydrogen-bond donors (Lipinski definition) is 1. The van der Waals surface area contributed by atoms with Gasteiger partial charge in [0, 0.05) is 24.7 Å². The molecule has 2 heterocycles. The lowest BCUT2D eigenvalue weighted by Crippen LogP contribution is -2.48. The van der Waals surface area contributed by atoms with Crippen molar-refractivity contribution in [3.05, 3.63) is 101 Å². The molecule has 2 aliphatic rings. The standard InChI is InChI=1S/C31H33FN4O3/c1-20-29(24-9-15-27(38-4)16-10-24)36(19-39-22(3)37)31(33-26-13-11-25(32)12-14-26)34-30(20)35-18-17-23-7-5-6-8-28(23)21(35)2/h5-16,21,31,33H,17-19H2,1-4H3. The van der Waals surface area contributed by atoms with Gasteiger partial charge in [-0.05, 0) is 85.5 Å². The third-order valence-electron chi connectivity index (χ3n) is 7.29. The lowest BCUT2D eigenvalue weighted by Gasteiger charge is -2.44. The average Bonchev–Trinajstić information content (AvgIpc) is 2.94. The van der Waals surface area contributed by atoms with Gasteiger partial charge in [0.2, 0.25) is 6.29 Å². The number of nitrogens with zero attached hydrogens (tertiary/aromatic N) is 3. The van der Waals surface area contributed by atoms with Crippen LogP contribution in [0.25, 0.3) is 5.70 Å². The van der Waals surface area contributed by atoms with Crippen molar-refractivity contribution in [1.29, 1.82) is 0 Å². The van der Waals surface area contributed by atoms with Crippen molar-refractivity contribution < 1.29 is 18.7 Å². The molecule has 0 fully saturated rings. The van der Waals surface area contributed by atoms with Crippen molar-refractivity contribution in [3.63, 3.8) is 0 Å². The zero-order valence-electron chi connectivity index (χ0n) is 22.6. The molecule has 3 aromatic rings. The number of rotatable bonds is 6. The molecule has 7 nitrogen and oxygen atoms in total. The van der Waals surface area contributed by atoms with Gasteiger partial charge in [0.05, 0.1) is 18.8 Å². The third kappa shape index (κ3) is 5.46. The molecule has 2 aliphatic heterocycles. The molecule has 5 rings (SSSR count). The van der Waals surface area contributed by atoms with Gasteiger partial charge in [-0.1, -0.05) is 24.3 Å². The average molecular weight is 529 g/mol. The summed E-state index contributed by atoms with van der Waals surface area (Å²) in [5.74, 6) is 0.899. The molecule has 3 aromatic carbocycles. The molecule has 39 heavy (non-hydrogen) atoms. The van der Waals surface area contributed by atoms with Crippen LogP contribution < -0.4 is 10.1 Å². The molecule has 8 heteroatoms. The predicted octanol–water partition coefficient (Wildman–Crippen LogP) is 5.82. The summed E-state index contributed by atoms with van der Waals surface area (Å²) in [6.07, 6.45) is 0.299. The van der Waals surface area contributed by atoms with Crippen LogP contribution in [0.15, 0.2) is 83.4 Å². The minimum atomic E-state index is -0.616. The maximum absolute atomic E-state index is 13.7. The van der Waals surface area contributed by atoms with E-state index in [1.54, 1.807) is 19.2 Å². The quantitative estimate of drug-likeness (QED) is 0.407. The Morgan fingerprint density at radius 1 is 1.08 bits per heavy atom. The molecular formula is C31H33FN4O3. The van der Waals surface area contributed by atoms with E-state index in [9.17, 15) is 9.18 Å². The van der Waals surface area contributed by atoms with Gasteiger partial charge < -0.3 is 19.7 Å². The second-order valence-corrected chi connectivity index (χ2v) is 9.73. The normalized spacial score (nSPS) is 18.8. The summed E-state index contributed by atoms with van der Waals surface area (Å²) in [6, 6.07) is 22.6. The topological polar surface area (TPSA) is 66.4 Å². The lowest BCUT2D eigenvalue weighted by molar-refractivity contribution is -0.144. The van der Waals surface area contributed by atoms with Gasteiger partial charge in [-0.2, -0.15) is 0 Å². The van der Waals surface area contributed by atoms with Crippen LogP contribution in [-0.2, 0) is 16.0 Å². The van der Waals surface area contributed by atoms with Crippen molar-refractivity contribution in [2.24, 2.45) is 4.99 Å². The fraction of sp³-hybridized carbons (Fsp3) is 0.290. The van der Waals surface area contributed by atoms with Crippen LogP contribution in [0, 0.1) is 5.82 Å². The summed E-state index contributed by atoms with van der Waals surface area (Å²) in [4.78, 5) is 21.3. The first-order valence-corrected chi connectivity index (χ1v) is 13.1. The summed E-state index contributed by atoms with van der Waals surface area (Å²) in [6.45, 7) is 6.45. The van der Waals surface area contributed by atoms with Gasteiger partial charge in [0.15, 0.2) is 6.73 Å². The SMILES string of the molecule is COc1ccc(C2=C(C)C(N3CCc4ccccc4C3C)=NC(Nc3ccc(F)cc3)N2COC(C)=O)cc1. The van der Waals surface area contributed by atoms with Crippen LogP contribution in [0.2, 0.25) is 0 Å². The fourth-order valence-electron chi connectivity index (χ4n) is 5.31. The third-order valence-corrected chi connectivity index (χ3v) is 7.29. The number of esters is 1. The van der Waals surface area contributed by atoms with E-state index in [4.69, 9.17) is 14.5 Å². The van der Waals surface area contributed by atoms with E-state index in [2.05, 4.69) is 48.3 Å². The number of ether oxygens (including phenoxy) is 2. The number of halogens is 1. The molecule has 0 bridgehead atoms. The van der Waals surface area contributed by atoms with Crippen molar-refractivity contribution in [3.8, 4) is 5.75 Å². The Labute approximate surface area is 228 Å². The number of methoxy groups -OCH3 is 1. The summed E-state index contributed by atoms with van der Waals surface area (Å²) in [5.41, 5.74) is 6.12. The molecule has 2 atom stereocenters. The highest BCUT2D eigenvalue weighted by Crippen LogP contribution is 2.37. The molecule has 0 aromatic heterocycles. The minimum absolute atomic E-state index is 0.0118. The van der Waals surface area contributed by atoms with Gasteiger partial charge in [0.25, 0.3) is 0 Å². The molecule has 0 aliphatic carbocycles. The molecule has 2 unspecified atom stereocenters. The number of aliphatic imine (C=N–C) groups is 1. The maximum Gasteiger partial charge on any atom is 0.304 e. The number of carbonyl (C=O) groups is 1. The van der Waals surface area contributed by atoms with Crippen LogP contribution in [0.1, 0.15) is 43.5 Å². The van der Waals surface area contributed by atoms with Crippen LogP contribution in [0.5, 0.6) is 5.75 Å². The number of benzene rings is 3.